The van der Waals surface area contributed by atoms with E-state index in [0.717, 1.165) is 30.1 Å². The Morgan fingerprint density at radius 3 is 2.75 bits per heavy atom. The van der Waals surface area contributed by atoms with E-state index in [-0.39, 0.29) is 0 Å². The molecule has 0 aliphatic carbocycles. The summed E-state index contributed by atoms with van der Waals surface area (Å²) in [7, 11) is 0. The first-order valence-electron chi connectivity index (χ1n) is 5.43. The fourth-order valence-electron chi connectivity index (χ4n) is 1.74. The van der Waals surface area contributed by atoms with Gasteiger partial charge >= 0.3 is 0 Å². The second kappa shape index (κ2) is 4.23. The maximum absolute atomic E-state index is 8.81. The first-order valence-corrected chi connectivity index (χ1v) is 5.43. The highest BCUT2D eigenvalue weighted by Crippen LogP contribution is 2.18. The molecule has 2 rings (SSSR count). The van der Waals surface area contributed by atoms with Crippen molar-refractivity contribution in [3.8, 4) is 6.07 Å². The second-order valence-electron chi connectivity index (χ2n) is 3.58. The Kier molecular flexibility index (Phi) is 2.78. The Hall–Kier alpha value is -2.02. The predicted molar refractivity (Wildman–Crippen MR) is 64.4 cm³/mol. The van der Waals surface area contributed by atoms with Crippen LogP contribution < -0.4 is 4.90 Å². The number of aromatic amines is 1. The van der Waals surface area contributed by atoms with Crippen molar-refractivity contribution in [1.82, 2.24) is 9.97 Å². The molecule has 0 amide bonds. The molecule has 0 radical (unpaired) electrons. The number of nitrogens with one attached hydrogen (secondary N) is 1. The average Bonchev–Trinajstić information content (AvgIpc) is 2.72. The third kappa shape index (κ3) is 1.72. The van der Waals surface area contributed by atoms with Crippen LogP contribution in [0.1, 0.15) is 19.4 Å². The predicted octanol–water partition coefficient (Wildman–Crippen LogP) is 2.28. The van der Waals surface area contributed by atoms with Crippen LogP contribution in [0.2, 0.25) is 0 Å². The highest BCUT2D eigenvalue weighted by atomic mass is 15.2. The van der Waals surface area contributed by atoms with E-state index in [1.54, 1.807) is 6.07 Å². The molecule has 1 N–H and O–H groups in total. The Balaban J connectivity index is 2.48. The Morgan fingerprint density at radius 1 is 1.38 bits per heavy atom. The number of fused-ring (bicyclic) bond motifs is 1. The summed E-state index contributed by atoms with van der Waals surface area (Å²) in [5.41, 5.74) is 2.48. The van der Waals surface area contributed by atoms with Gasteiger partial charge < -0.3 is 9.88 Å². The fourth-order valence-corrected chi connectivity index (χ4v) is 1.74. The molecule has 0 unspecified atom stereocenters. The van der Waals surface area contributed by atoms with Gasteiger partial charge in [0.2, 0.25) is 5.95 Å². The monoisotopic (exact) mass is 214 g/mol. The van der Waals surface area contributed by atoms with Crippen LogP contribution in [0, 0.1) is 11.3 Å². The van der Waals surface area contributed by atoms with Gasteiger partial charge in [0, 0.05) is 13.1 Å². The number of nitrogens with zero attached hydrogens (tertiary/aromatic N) is 3. The number of hydrogen-bond acceptors (Lipinski definition) is 3. The third-order valence-electron chi connectivity index (χ3n) is 2.66. The van der Waals surface area contributed by atoms with Gasteiger partial charge in [-0.05, 0) is 32.0 Å². The highest BCUT2D eigenvalue weighted by Gasteiger charge is 2.08. The van der Waals surface area contributed by atoms with Crippen LogP contribution in [0.25, 0.3) is 11.0 Å². The maximum atomic E-state index is 8.81. The molecular formula is C12H14N4. The van der Waals surface area contributed by atoms with Gasteiger partial charge in [-0.2, -0.15) is 5.26 Å². The van der Waals surface area contributed by atoms with E-state index < -0.39 is 0 Å². The SMILES string of the molecule is CCN(CC)c1nc2ccc(C#N)cc2[nH]1. The minimum atomic E-state index is 0.655. The number of benzene rings is 1. The maximum Gasteiger partial charge on any atom is 0.203 e. The highest BCUT2D eigenvalue weighted by molar-refractivity contribution is 5.79. The van der Waals surface area contributed by atoms with Crippen LogP contribution in [-0.4, -0.2) is 23.1 Å². The minimum absolute atomic E-state index is 0.655. The molecule has 4 nitrogen and oxygen atoms in total. The molecule has 0 saturated heterocycles. The van der Waals surface area contributed by atoms with E-state index >= 15 is 0 Å². The third-order valence-corrected chi connectivity index (χ3v) is 2.66. The van der Waals surface area contributed by atoms with Gasteiger partial charge in [0.05, 0.1) is 22.7 Å². The molecule has 1 aromatic heterocycles. The molecule has 1 aromatic carbocycles. The fraction of sp³-hybridized carbons (Fsp3) is 0.333. The zero-order valence-corrected chi connectivity index (χ0v) is 9.49. The number of rotatable bonds is 3. The van der Waals surface area contributed by atoms with Crippen molar-refractivity contribution in [2.45, 2.75) is 13.8 Å². The first-order chi connectivity index (χ1) is 7.78. The van der Waals surface area contributed by atoms with Gasteiger partial charge in [-0.25, -0.2) is 4.98 Å². The molecule has 0 aliphatic rings. The number of hydrogen-bond donors (Lipinski definition) is 1. The minimum Gasteiger partial charge on any atom is -0.343 e. The number of anilines is 1. The average molecular weight is 214 g/mol. The van der Waals surface area contributed by atoms with Gasteiger partial charge in [0.1, 0.15) is 0 Å². The lowest BCUT2D eigenvalue weighted by Gasteiger charge is -2.16. The van der Waals surface area contributed by atoms with E-state index in [0.29, 0.717) is 5.56 Å². The molecule has 0 bridgehead atoms. The van der Waals surface area contributed by atoms with Crippen LogP contribution in [0.15, 0.2) is 18.2 Å². The van der Waals surface area contributed by atoms with Crippen molar-refractivity contribution in [1.29, 1.82) is 5.26 Å². The molecule has 4 heteroatoms. The zero-order chi connectivity index (χ0) is 11.5. The first kappa shape index (κ1) is 10.5. The molecule has 0 saturated carbocycles. The van der Waals surface area contributed by atoms with E-state index in [1.165, 1.54) is 0 Å². The van der Waals surface area contributed by atoms with Crippen molar-refractivity contribution in [2.75, 3.05) is 18.0 Å². The van der Waals surface area contributed by atoms with E-state index in [2.05, 4.69) is 34.8 Å². The van der Waals surface area contributed by atoms with Crippen molar-refractivity contribution in [3.05, 3.63) is 23.8 Å². The van der Waals surface area contributed by atoms with Crippen LogP contribution >= 0.6 is 0 Å². The van der Waals surface area contributed by atoms with Crippen LogP contribution in [0.5, 0.6) is 0 Å². The van der Waals surface area contributed by atoms with E-state index in [9.17, 15) is 0 Å². The van der Waals surface area contributed by atoms with Crippen molar-refractivity contribution >= 4 is 17.0 Å². The number of H-pyrrole nitrogens is 1. The Labute approximate surface area is 94.5 Å². The largest absolute Gasteiger partial charge is 0.343 e. The summed E-state index contributed by atoms with van der Waals surface area (Å²) in [5, 5.41) is 8.81. The molecule has 16 heavy (non-hydrogen) atoms. The Bertz CT molecular complexity index is 531. The standard InChI is InChI=1S/C12H14N4/c1-3-16(4-2)12-14-10-6-5-9(8-13)7-11(10)15-12/h5-7H,3-4H2,1-2H3,(H,14,15). The lowest BCUT2D eigenvalue weighted by Crippen LogP contribution is -2.22. The molecule has 1 heterocycles. The molecular weight excluding hydrogens is 200 g/mol. The normalized spacial score (nSPS) is 10.3. The van der Waals surface area contributed by atoms with Gasteiger partial charge in [-0.15, -0.1) is 0 Å². The zero-order valence-electron chi connectivity index (χ0n) is 9.49. The Morgan fingerprint density at radius 2 is 2.12 bits per heavy atom. The number of nitriles is 1. The smallest absolute Gasteiger partial charge is 0.203 e. The van der Waals surface area contributed by atoms with Gasteiger partial charge in [0.25, 0.3) is 0 Å². The second-order valence-corrected chi connectivity index (χ2v) is 3.58. The van der Waals surface area contributed by atoms with E-state index in [1.807, 2.05) is 12.1 Å². The molecule has 0 atom stereocenters. The van der Waals surface area contributed by atoms with Crippen LogP contribution in [0.3, 0.4) is 0 Å². The van der Waals surface area contributed by atoms with Crippen molar-refractivity contribution < 1.29 is 0 Å². The quantitative estimate of drug-likeness (QED) is 0.852. The topological polar surface area (TPSA) is 55.7 Å². The summed E-state index contributed by atoms with van der Waals surface area (Å²) in [4.78, 5) is 9.87. The van der Waals surface area contributed by atoms with Crippen molar-refractivity contribution in [2.24, 2.45) is 0 Å². The lowest BCUT2D eigenvalue weighted by molar-refractivity contribution is 0.835. The summed E-state index contributed by atoms with van der Waals surface area (Å²) < 4.78 is 0. The molecule has 0 spiro atoms. The summed E-state index contributed by atoms with van der Waals surface area (Å²) >= 11 is 0. The van der Waals surface area contributed by atoms with Crippen LogP contribution in [0.4, 0.5) is 5.95 Å². The van der Waals surface area contributed by atoms with Gasteiger partial charge in [-0.1, -0.05) is 0 Å². The molecule has 0 aliphatic heterocycles. The van der Waals surface area contributed by atoms with Crippen molar-refractivity contribution in [3.63, 3.8) is 0 Å². The molecule has 2 aromatic rings. The molecule has 82 valence electrons. The lowest BCUT2D eigenvalue weighted by atomic mass is 10.2. The van der Waals surface area contributed by atoms with Crippen LogP contribution in [-0.2, 0) is 0 Å². The van der Waals surface area contributed by atoms with Gasteiger partial charge in [-0.3, -0.25) is 0 Å². The van der Waals surface area contributed by atoms with Gasteiger partial charge in [0.15, 0.2) is 0 Å². The summed E-state index contributed by atoms with van der Waals surface area (Å²) in [6, 6.07) is 7.61. The summed E-state index contributed by atoms with van der Waals surface area (Å²) in [6.45, 7) is 6.03. The van der Waals surface area contributed by atoms with E-state index in [4.69, 9.17) is 5.26 Å². The number of aromatic nitrogens is 2. The molecule has 0 fully saturated rings. The number of imidazole rings is 1. The summed E-state index contributed by atoms with van der Waals surface area (Å²) in [5.74, 6) is 0.870. The summed E-state index contributed by atoms with van der Waals surface area (Å²) in [6.07, 6.45) is 0.